The molecule has 0 aliphatic heterocycles. The predicted molar refractivity (Wildman–Crippen MR) is 139 cm³/mol. The second-order valence-electron chi connectivity index (χ2n) is 8.14. The molecule has 0 aliphatic rings. The number of ether oxygens (including phenoxy) is 2. The van der Waals surface area contributed by atoms with Crippen molar-refractivity contribution in [1.82, 2.24) is 5.32 Å². The van der Waals surface area contributed by atoms with Crippen molar-refractivity contribution in [2.24, 2.45) is 0 Å². The maximum absolute atomic E-state index is 13.7. The lowest BCUT2D eigenvalue weighted by molar-refractivity contribution is -0.167. The van der Waals surface area contributed by atoms with E-state index in [0.717, 1.165) is 0 Å². The molecule has 0 aliphatic carbocycles. The van der Waals surface area contributed by atoms with Gasteiger partial charge in [0.25, 0.3) is 5.91 Å². The van der Waals surface area contributed by atoms with Crippen LogP contribution in [0.5, 0.6) is 0 Å². The Bertz CT molecular complexity index is 1230. The van der Waals surface area contributed by atoms with Gasteiger partial charge in [-0.1, -0.05) is 78.3 Å². The lowest BCUT2D eigenvalue weighted by Crippen LogP contribution is -2.65. The molecule has 0 fully saturated rings. The van der Waals surface area contributed by atoms with Crippen molar-refractivity contribution < 1.29 is 28.7 Å². The van der Waals surface area contributed by atoms with E-state index in [4.69, 9.17) is 21.1 Å². The van der Waals surface area contributed by atoms with Gasteiger partial charge in [-0.05, 0) is 37.6 Å². The molecule has 0 radical (unpaired) electrons. The van der Waals surface area contributed by atoms with Gasteiger partial charge in [0.1, 0.15) is 0 Å². The summed E-state index contributed by atoms with van der Waals surface area (Å²) in [4.78, 5) is 54.3. The van der Waals surface area contributed by atoms with Crippen LogP contribution in [0.4, 0.5) is 0 Å². The molecule has 1 N–H and O–H groups in total. The molecule has 0 spiro atoms. The van der Waals surface area contributed by atoms with Crippen LogP contribution in [0.1, 0.15) is 52.5 Å². The number of carbonyl (C=O) groups excluding carboxylic acids is 4. The predicted octanol–water partition coefficient (Wildman–Crippen LogP) is 4.99. The second-order valence-corrected chi connectivity index (χ2v) is 8.54. The molecule has 0 bridgehead atoms. The van der Waals surface area contributed by atoms with Crippen molar-refractivity contribution in [2.75, 3.05) is 13.2 Å². The normalized spacial score (nSPS) is 11.8. The minimum Gasteiger partial charge on any atom is -0.464 e. The Kier molecular flexibility index (Phi) is 9.57. The van der Waals surface area contributed by atoms with E-state index < -0.39 is 29.3 Å². The highest BCUT2D eigenvalue weighted by Crippen LogP contribution is 2.39. The van der Waals surface area contributed by atoms with Crippen LogP contribution in [0.2, 0.25) is 5.02 Å². The van der Waals surface area contributed by atoms with Gasteiger partial charge in [-0.3, -0.25) is 9.59 Å². The molecule has 7 nitrogen and oxygen atoms in total. The summed E-state index contributed by atoms with van der Waals surface area (Å²) in [6.07, 6.45) is -0.347. The number of Topliss-reactive ketones (excluding diaryl/α,β-unsaturated/α-hetero) is 1. The molecule has 1 amide bonds. The first kappa shape index (κ1) is 27.6. The van der Waals surface area contributed by atoms with Gasteiger partial charge in [0.2, 0.25) is 5.54 Å². The van der Waals surface area contributed by atoms with Gasteiger partial charge in [-0.25, -0.2) is 9.59 Å². The maximum Gasteiger partial charge on any atom is 0.344 e. The Morgan fingerprint density at radius 2 is 1.24 bits per heavy atom. The van der Waals surface area contributed by atoms with Crippen molar-refractivity contribution in [3.05, 3.63) is 107 Å². The van der Waals surface area contributed by atoms with E-state index in [2.05, 4.69) is 5.32 Å². The fraction of sp³-hybridized carbons (Fsp3) is 0.241. The molecular formula is C29H28ClNO6. The van der Waals surface area contributed by atoms with Crippen LogP contribution in [-0.4, -0.2) is 42.4 Å². The molecule has 3 aromatic rings. The Hall–Kier alpha value is -3.97. The van der Waals surface area contributed by atoms with Crippen LogP contribution in [0.3, 0.4) is 0 Å². The Labute approximate surface area is 220 Å². The van der Waals surface area contributed by atoms with Gasteiger partial charge >= 0.3 is 11.9 Å². The molecule has 1 atom stereocenters. The van der Waals surface area contributed by atoms with Crippen molar-refractivity contribution in [3.63, 3.8) is 0 Å². The zero-order chi connectivity index (χ0) is 26.8. The van der Waals surface area contributed by atoms with E-state index in [1.54, 1.807) is 86.6 Å². The van der Waals surface area contributed by atoms with E-state index in [1.807, 2.05) is 0 Å². The first-order valence-electron chi connectivity index (χ1n) is 11.9. The number of ketones is 1. The number of esters is 2. The molecule has 0 heterocycles. The summed E-state index contributed by atoms with van der Waals surface area (Å²) in [7, 11) is 0. The summed E-state index contributed by atoms with van der Waals surface area (Å²) in [5, 5.41) is 2.81. The Balaban J connectivity index is 2.25. The molecule has 0 saturated heterocycles. The topological polar surface area (TPSA) is 98.8 Å². The van der Waals surface area contributed by atoms with Crippen LogP contribution in [0.25, 0.3) is 0 Å². The highest BCUT2D eigenvalue weighted by Gasteiger charge is 2.58. The molecule has 3 rings (SSSR count). The average Bonchev–Trinajstić information content (AvgIpc) is 2.92. The maximum atomic E-state index is 13.7. The lowest BCUT2D eigenvalue weighted by Gasteiger charge is -2.37. The van der Waals surface area contributed by atoms with Crippen LogP contribution < -0.4 is 5.32 Å². The molecule has 0 saturated carbocycles. The number of hydrogen-bond acceptors (Lipinski definition) is 6. The molecule has 0 aromatic heterocycles. The van der Waals surface area contributed by atoms with E-state index in [-0.39, 0.29) is 36.0 Å². The minimum absolute atomic E-state index is 0.0803. The SMILES string of the molecule is CCOC(=O)C(NC(=O)c1ccccc1)(C(=O)OCC)C(CC(=O)c1ccccc1)c1ccccc1Cl. The monoisotopic (exact) mass is 521 g/mol. The van der Waals surface area contributed by atoms with E-state index in [0.29, 0.717) is 11.1 Å². The summed E-state index contributed by atoms with van der Waals surface area (Å²) in [5.74, 6) is -4.44. The number of amides is 1. The third-order valence-electron chi connectivity index (χ3n) is 5.83. The largest absolute Gasteiger partial charge is 0.464 e. The zero-order valence-corrected chi connectivity index (χ0v) is 21.4. The molecular weight excluding hydrogens is 494 g/mol. The fourth-order valence-electron chi connectivity index (χ4n) is 4.07. The first-order valence-corrected chi connectivity index (χ1v) is 12.3. The van der Waals surface area contributed by atoms with Crippen molar-refractivity contribution in [2.45, 2.75) is 31.7 Å². The average molecular weight is 522 g/mol. The van der Waals surface area contributed by atoms with Gasteiger partial charge < -0.3 is 14.8 Å². The summed E-state index contributed by atoms with van der Waals surface area (Å²) >= 11 is 6.54. The van der Waals surface area contributed by atoms with E-state index in [9.17, 15) is 19.2 Å². The van der Waals surface area contributed by atoms with Crippen LogP contribution in [-0.2, 0) is 19.1 Å². The number of halogens is 1. The van der Waals surface area contributed by atoms with E-state index >= 15 is 0 Å². The third kappa shape index (κ3) is 6.24. The number of nitrogens with one attached hydrogen (secondary N) is 1. The highest BCUT2D eigenvalue weighted by atomic mass is 35.5. The van der Waals surface area contributed by atoms with Crippen molar-refractivity contribution >= 4 is 35.2 Å². The van der Waals surface area contributed by atoms with E-state index in [1.165, 1.54) is 12.1 Å². The van der Waals surface area contributed by atoms with Gasteiger partial charge in [0, 0.05) is 28.5 Å². The quantitative estimate of drug-likeness (QED) is 0.217. The Morgan fingerprint density at radius 3 is 1.76 bits per heavy atom. The fourth-order valence-corrected chi connectivity index (χ4v) is 4.34. The molecule has 192 valence electrons. The van der Waals surface area contributed by atoms with Crippen LogP contribution in [0, 0.1) is 0 Å². The van der Waals surface area contributed by atoms with Gasteiger partial charge in [-0.2, -0.15) is 0 Å². The molecule has 37 heavy (non-hydrogen) atoms. The number of hydrogen-bond donors (Lipinski definition) is 1. The first-order chi connectivity index (χ1) is 17.8. The summed E-state index contributed by atoms with van der Waals surface area (Å²) in [6, 6.07) is 23.1. The van der Waals surface area contributed by atoms with Crippen LogP contribution in [0.15, 0.2) is 84.9 Å². The minimum atomic E-state index is -2.41. The van der Waals surface area contributed by atoms with Gasteiger partial charge in [0.05, 0.1) is 13.2 Å². The van der Waals surface area contributed by atoms with Gasteiger partial charge in [0.15, 0.2) is 5.78 Å². The smallest absolute Gasteiger partial charge is 0.344 e. The second kappa shape index (κ2) is 12.8. The van der Waals surface area contributed by atoms with Crippen molar-refractivity contribution in [1.29, 1.82) is 0 Å². The molecule has 1 unspecified atom stereocenters. The summed E-state index contributed by atoms with van der Waals surface area (Å²) in [5.41, 5.74) is -1.53. The van der Waals surface area contributed by atoms with Crippen molar-refractivity contribution in [3.8, 4) is 0 Å². The number of benzene rings is 3. The molecule has 3 aromatic carbocycles. The summed E-state index contributed by atoms with van der Waals surface area (Å²) in [6.45, 7) is 2.99. The standard InChI is InChI=1S/C29H28ClNO6/c1-3-36-27(34)29(28(35)37-4-2,31-26(33)21-15-9-6-10-16-21)23(22-17-11-12-18-24(22)30)19-25(32)20-13-7-5-8-14-20/h5-18,23H,3-4,19H2,1-2H3,(H,31,33). The number of rotatable bonds is 11. The zero-order valence-electron chi connectivity index (χ0n) is 20.6. The number of carbonyl (C=O) groups is 4. The Morgan fingerprint density at radius 1 is 0.757 bits per heavy atom. The van der Waals surface area contributed by atoms with Crippen LogP contribution >= 0.6 is 11.6 Å². The third-order valence-corrected chi connectivity index (χ3v) is 6.17. The lowest BCUT2D eigenvalue weighted by atomic mass is 9.75. The summed E-state index contributed by atoms with van der Waals surface area (Å²) < 4.78 is 10.7. The van der Waals surface area contributed by atoms with Gasteiger partial charge in [-0.15, -0.1) is 0 Å². The highest BCUT2D eigenvalue weighted by molar-refractivity contribution is 6.31. The molecule has 8 heteroatoms.